The van der Waals surface area contributed by atoms with Gasteiger partial charge in [0.15, 0.2) is 0 Å². The second-order valence-electron chi connectivity index (χ2n) is 18.4. The molecule has 11 aromatic carbocycles. The molecule has 1 aliphatic rings. The molecule has 2 heterocycles. The van der Waals surface area contributed by atoms with E-state index in [0.29, 0.717) is 0 Å². The predicted octanol–water partition coefficient (Wildman–Crippen LogP) is 17.4. The summed E-state index contributed by atoms with van der Waals surface area (Å²) in [5, 5.41) is 4.85. The average molecular weight is 892 g/mol. The van der Waals surface area contributed by atoms with Crippen LogP contribution in [-0.4, -0.2) is 9.13 Å². The fourth-order valence-corrected chi connectivity index (χ4v) is 11.9. The molecule has 0 saturated carbocycles. The number of hydrogen-bond donors (Lipinski definition) is 0. The van der Waals surface area contributed by atoms with E-state index in [1.54, 1.807) is 0 Å². The lowest BCUT2D eigenvalue weighted by atomic mass is 9.67. The van der Waals surface area contributed by atoms with Crippen LogP contribution in [0.1, 0.15) is 22.3 Å². The Morgan fingerprint density at radius 2 is 0.843 bits per heavy atom. The van der Waals surface area contributed by atoms with Gasteiger partial charge in [0.05, 0.1) is 33.2 Å². The van der Waals surface area contributed by atoms with Crippen LogP contribution in [0.5, 0.6) is 0 Å². The summed E-state index contributed by atoms with van der Waals surface area (Å²) in [7, 11) is 0. The molecule has 70 heavy (non-hydrogen) atoms. The van der Waals surface area contributed by atoms with Gasteiger partial charge in [-0.25, -0.2) is 0 Å². The summed E-state index contributed by atoms with van der Waals surface area (Å²) in [5.41, 5.74) is 19.7. The van der Waals surface area contributed by atoms with Crippen molar-refractivity contribution >= 4 is 60.7 Å². The molecule has 3 heteroatoms. The van der Waals surface area contributed by atoms with Gasteiger partial charge in [0.1, 0.15) is 0 Å². The van der Waals surface area contributed by atoms with Gasteiger partial charge in [0.25, 0.3) is 0 Å². The maximum absolute atomic E-state index is 2.47. The van der Waals surface area contributed by atoms with E-state index in [4.69, 9.17) is 0 Å². The molecule has 0 atom stereocenters. The molecule has 0 spiro atoms. The number of rotatable bonds is 8. The second kappa shape index (κ2) is 16.0. The molecule has 0 N–H and O–H groups in total. The van der Waals surface area contributed by atoms with E-state index in [2.05, 4.69) is 287 Å². The van der Waals surface area contributed by atoms with Crippen LogP contribution >= 0.6 is 0 Å². The van der Waals surface area contributed by atoms with E-state index in [-0.39, 0.29) is 0 Å². The highest BCUT2D eigenvalue weighted by Crippen LogP contribution is 2.57. The van der Waals surface area contributed by atoms with Crippen LogP contribution in [0.4, 0.5) is 17.1 Å². The molecule has 1 aliphatic carbocycles. The van der Waals surface area contributed by atoms with Gasteiger partial charge in [-0.15, -0.1) is 0 Å². The Kier molecular flexibility index (Phi) is 9.11. The van der Waals surface area contributed by atoms with Crippen molar-refractivity contribution in [3.63, 3.8) is 0 Å². The lowest BCUT2D eigenvalue weighted by Crippen LogP contribution is -2.28. The van der Waals surface area contributed by atoms with Gasteiger partial charge in [-0.1, -0.05) is 194 Å². The van der Waals surface area contributed by atoms with Crippen molar-refractivity contribution in [2.45, 2.75) is 5.41 Å². The number of aromatic nitrogens is 2. The molecule has 0 bridgehead atoms. The molecule has 13 aromatic rings. The minimum absolute atomic E-state index is 0.538. The fourth-order valence-electron chi connectivity index (χ4n) is 11.9. The van der Waals surface area contributed by atoms with Gasteiger partial charge in [-0.3, -0.25) is 0 Å². The Hall–Kier alpha value is -9.18. The average Bonchev–Trinajstić information content (AvgIpc) is 4.06. The van der Waals surface area contributed by atoms with E-state index in [0.717, 1.165) is 39.5 Å². The predicted molar refractivity (Wildman–Crippen MR) is 293 cm³/mol. The molecule has 0 fully saturated rings. The molecule has 328 valence electrons. The van der Waals surface area contributed by atoms with E-state index >= 15 is 0 Å². The van der Waals surface area contributed by atoms with Gasteiger partial charge in [-0.2, -0.15) is 0 Å². The smallest absolute Gasteiger partial charge is 0.0782 e. The Bertz CT molecular complexity index is 4070. The summed E-state index contributed by atoms with van der Waals surface area (Å²) in [4.78, 5) is 2.47. The normalized spacial score (nSPS) is 12.7. The Morgan fingerprint density at radius 3 is 1.60 bits per heavy atom. The summed E-state index contributed by atoms with van der Waals surface area (Å²) < 4.78 is 4.91. The van der Waals surface area contributed by atoms with Crippen molar-refractivity contribution in [1.29, 1.82) is 0 Å². The molecule has 14 rings (SSSR count). The van der Waals surface area contributed by atoms with Gasteiger partial charge < -0.3 is 14.0 Å². The topological polar surface area (TPSA) is 13.1 Å². The molecule has 0 unspecified atom stereocenters. The largest absolute Gasteiger partial charge is 0.309 e. The zero-order chi connectivity index (χ0) is 46.2. The van der Waals surface area contributed by atoms with Gasteiger partial charge in [0.2, 0.25) is 0 Å². The number of benzene rings is 11. The van der Waals surface area contributed by atoms with Crippen LogP contribution in [0, 0.1) is 0 Å². The van der Waals surface area contributed by atoms with Gasteiger partial charge in [-0.05, 0) is 123 Å². The summed E-state index contributed by atoms with van der Waals surface area (Å²) >= 11 is 0. The van der Waals surface area contributed by atoms with Gasteiger partial charge in [0, 0.05) is 44.3 Å². The number of fused-ring (bicyclic) bond motifs is 9. The first-order valence-corrected chi connectivity index (χ1v) is 24.2. The maximum atomic E-state index is 2.47. The quantitative estimate of drug-likeness (QED) is 0.148. The second-order valence-corrected chi connectivity index (χ2v) is 18.4. The summed E-state index contributed by atoms with van der Waals surface area (Å²) in [6, 6.07) is 100. The number of nitrogens with zero attached hydrogens (tertiary/aromatic N) is 3. The summed E-state index contributed by atoms with van der Waals surface area (Å²) in [6.45, 7) is 0. The third-order valence-electron chi connectivity index (χ3n) is 14.8. The number of para-hydroxylation sites is 4. The first kappa shape index (κ1) is 39.9. The van der Waals surface area contributed by atoms with Crippen molar-refractivity contribution < 1.29 is 0 Å². The van der Waals surface area contributed by atoms with E-state index in [1.165, 1.54) is 77.1 Å². The Balaban J connectivity index is 1.01. The third kappa shape index (κ3) is 5.95. The van der Waals surface area contributed by atoms with Crippen molar-refractivity contribution in [3.8, 4) is 33.6 Å². The van der Waals surface area contributed by atoms with Crippen LogP contribution in [0.15, 0.2) is 273 Å². The minimum atomic E-state index is -0.538. The number of anilines is 3. The monoisotopic (exact) mass is 891 g/mol. The van der Waals surface area contributed by atoms with Crippen molar-refractivity contribution in [3.05, 3.63) is 295 Å². The minimum Gasteiger partial charge on any atom is -0.309 e. The third-order valence-corrected chi connectivity index (χ3v) is 14.8. The van der Waals surface area contributed by atoms with Crippen LogP contribution in [-0.2, 0) is 5.41 Å². The lowest BCUT2D eigenvalue weighted by Gasteiger charge is -2.35. The molecule has 2 aromatic heterocycles. The SMILES string of the molecule is c1ccc(-c2ccc3c(c2)c2ccccc2n3-c2ccc3c(c2)c2cccc(N(c4ccccc4)c4cccc(C5(c6ccccc6)c6ccccc6-c6ccccc65)c4)c2n3-c2ccccc2)cc1. The van der Waals surface area contributed by atoms with Crippen LogP contribution in [0.3, 0.4) is 0 Å². The lowest BCUT2D eigenvalue weighted by molar-refractivity contribution is 0.768. The highest BCUT2D eigenvalue weighted by atomic mass is 15.2. The van der Waals surface area contributed by atoms with E-state index < -0.39 is 5.41 Å². The Morgan fingerprint density at radius 1 is 0.300 bits per heavy atom. The summed E-state index contributed by atoms with van der Waals surface area (Å²) in [6.07, 6.45) is 0. The highest BCUT2D eigenvalue weighted by molar-refractivity contribution is 6.16. The molecular weight excluding hydrogens is 847 g/mol. The molecular formula is C67H45N3. The van der Waals surface area contributed by atoms with Crippen LogP contribution < -0.4 is 4.90 Å². The van der Waals surface area contributed by atoms with Crippen molar-refractivity contribution in [1.82, 2.24) is 9.13 Å². The molecule has 0 aliphatic heterocycles. The fraction of sp³-hybridized carbons (Fsp3) is 0.0149. The van der Waals surface area contributed by atoms with Crippen LogP contribution in [0.25, 0.3) is 77.2 Å². The Labute approximate surface area is 407 Å². The zero-order valence-electron chi connectivity index (χ0n) is 38.3. The summed E-state index contributed by atoms with van der Waals surface area (Å²) in [5.74, 6) is 0. The highest BCUT2D eigenvalue weighted by Gasteiger charge is 2.46. The van der Waals surface area contributed by atoms with Crippen LogP contribution in [0.2, 0.25) is 0 Å². The molecule has 0 saturated heterocycles. The van der Waals surface area contributed by atoms with E-state index in [9.17, 15) is 0 Å². The van der Waals surface area contributed by atoms with Gasteiger partial charge >= 0.3 is 0 Å². The first-order chi connectivity index (χ1) is 34.8. The molecule has 0 radical (unpaired) electrons. The standard InChI is InChI=1S/C67H45N3/c1-5-21-46(22-6-1)47-39-41-63-58(43-47)56-33-15-18-37-62(56)69(63)53-40-42-64-59(45-53)57-34-20-38-65(66(57)70(64)51-28-11-4-12-29-51)68(50-26-9-3-10-27-50)52-30-19-25-49(44-52)67(48-23-7-2-8-24-48)60-35-16-13-31-54(60)55-32-14-17-36-61(55)67/h1-45H. The zero-order valence-corrected chi connectivity index (χ0v) is 38.3. The van der Waals surface area contributed by atoms with Crippen molar-refractivity contribution in [2.75, 3.05) is 4.90 Å². The van der Waals surface area contributed by atoms with Crippen molar-refractivity contribution in [2.24, 2.45) is 0 Å². The first-order valence-electron chi connectivity index (χ1n) is 24.2. The molecule has 3 nitrogen and oxygen atoms in total. The van der Waals surface area contributed by atoms with E-state index in [1.807, 2.05) is 0 Å². The maximum Gasteiger partial charge on any atom is 0.0782 e. The number of hydrogen-bond acceptors (Lipinski definition) is 1. The molecule has 0 amide bonds.